The quantitative estimate of drug-likeness (QED) is 0.650. The van der Waals surface area contributed by atoms with Gasteiger partial charge in [0.2, 0.25) is 15.9 Å². The summed E-state index contributed by atoms with van der Waals surface area (Å²) in [5.74, 6) is 1.35. The highest BCUT2D eigenvalue weighted by Crippen LogP contribution is 2.23. The molecule has 0 aliphatic rings. The summed E-state index contributed by atoms with van der Waals surface area (Å²) in [4.78, 5) is 12.3. The van der Waals surface area contributed by atoms with E-state index >= 15 is 0 Å². The second kappa shape index (κ2) is 9.80. The van der Waals surface area contributed by atoms with E-state index in [4.69, 9.17) is 0 Å². The van der Waals surface area contributed by atoms with Crippen LogP contribution in [0.25, 0.3) is 0 Å². The van der Waals surface area contributed by atoms with Gasteiger partial charge in [-0.3, -0.25) is 9.10 Å². The number of hydrogen-bond donors (Lipinski definition) is 1. The van der Waals surface area contributed by atoms with E-state index in [2.05, 4.69) is 17.4 Å². The van der Waals surface area contributed by atoms with E-state index < -0.39 is 10.0 Å². The molecule has 146 valence electrons. The average molecular weight is 407 g/mol. The third-order valence-electron chi connectivity index (χ3n) is 4.00. The van der Waals surface area contributed by atoms with E-state index in [0.29, 0.717) is 12.2 Å². The molecule has 0 spiro atoms. The van der Waals surface area contributed by atoms with Crippen LogP contribution >= 0.6 is 11.8 Å². The summed E-state index contributed by atoms with van der Waals surface area (Å²) in [7, 11) is -3.56. The molecule has 1 N–H and O–H groups in total. The fourth-order valence-corrected chi connectivity index (χ4v) is 4.31. The predicted molar refractivity (Wildman–Crippen MR) is 114 cm³/mol. The number of anilines is 1. The van der Waals surface area contributed by atoms with Gasteiger partial charge in [0.1, 0.15) is 6.54 Å². The molecule has 5 nitrogen and oxygen atoms in total. The molecular weight excluding hydrogens is 380 g/mol. The van der Waals surface area contributed by atoms with Crippen molar-refractivity contribution in [1.29, 1.82) is 0 Å². The maximum Gasteiger partial charge on any atom is 0.240 e. The smallest absolute Gasteiger partial charge is 0.240 e. The lowest BCUT2D eigenvalue weighted by Gasteiger charge is -2.24. The van der Waals surface area contributed by atoms with E-state index in [1.54, 1.807) is 17.8 Å². The van der Waals surface area contributed by atoms with Gasteiger partial charge in [-0.25, -0.2) is 8.42 Å². The standard InChI is InChI=1S/C20H26N2O3S2/c1-16-9-10-17(2)19(13-16)22(27(3,24)25)14-20(23)21-11-12-26-15-18-7-5-4-6-8-18/h4-10,13H,11-12,14-15H2,1-3H3,(H,21,23). The van der Waals surface area contributed by atoms with Crippen LogP contribution in [-0.2, 0) is 20.6 Å². The Morgan fingerprint density at radius 3 is 2.48 bits per heavy atom. The lowest BCUT2D eigenvalue weighted by Crippen LogP contribution is -2.41. The number of carbonyl (C=O) groups excluding carboxylic acids is 1. The topological polar surface area (TPSA) is 66.5 Å². The van der Waals surface area contributed by atoms with Crippen LogP contribution in [-0.4, -0.2) is 39.4 Å². The Balaban J connectivity index is 1.88. The van der Waals surface area contributed by atoms with Crippen LogP contribution in [0.15, 0.2) is 48.5 Å². The highest BCUT2D eigenvalue weighted by molar-refractivity contribution is 7.98. The molecule has 2 aromatic carbocycles. The molecule has 0 saturated heterocycles. The summed E-state index contributed by atoms with van der Waals surface area (Å²) in [6.07, 6.45) is 1.12. The number of benzene rings is 2. The maximum absolute atomic E-state index is 12.3. The molecule has 0 aliphatic heterocycles. The van der Waals surface area contributed by atoms with E-state index in [-0.39, 0.29) is 12.5 Å². The Hall–Kier alpha value is -1.99. The van der Waals surface area contributed by atoms with Crippen LogP contribution < -0.4 is 9.62 Å². The van der Waals surface area contributed by atoms with E-state index in [1.807, 2.05) is 44.2 Å². The zero-order valence-electron chi connectivity index (χ0n) is 15.9. The van der Waals surface area contributed by atoms with Crippen molar-refractivity contribution in [3.8, 4) is 0 Å². The van der Waals surface area contributed by atoms with Crippen LogP contribution in [0, 0.1) is 13.8 Å². The molecule has 1 amide bonds. The molecule has 0 bridgehead atoms. The van der Waals surface area contributed by atoms with Crippen molar-refractivity contribution < 1.29 is 13.2 Å². The number of hydrogen-bond acceptors (Lipinski definition) is 4. The minimum Gasteiger partial charge on any atom is -0.354 e. The molecule has 2 aromatic rings. The number of nitrogens with zero attached hydrogens (tertiary/aromatic N) is 1. The Bertz CT molecular complexity index is 868. The monoisotopic (exact) mass is 406 g/mol. The zero-order chi connectivity index (χ0) is 19.9. The molecule has 0 atom stereocenters. The van der Waals surface area contributed by atoms with Crippen molar-refractivity contribution in [2.45, 2.75) is 19.6 Å². The van der Waals surface area contributed by atoms with Gasteiger partial charge in [0.05, 0.1) is 11.9 Å². The van der Waals surface area contributed by atoms with Crippen molar-refractivity contribution in [2.24, 2.45) is 0 Å². The Labute approximate surface area is 166 Å². The van der Waals surface area contributed by atoms with Crippen LogP contribution in [0.2, 0.25) is 0 Å². The molecule has 0 saturated carbocycles. The van der Waals surface area contributed by atoms with Gasteiger partial charge in [-0.2, -0.15) is 11.8 Å². The van der Waals surface area contributed by atoms with E-state index in [9.17, 15) is 13.2 Å². The van der Waals surface area contributed by atoms with Crippen LogP contribution in [0.3, 0.4) is 0 Å². The summed E-state index contributed by atoms with van der Waals surface area (Å²) in [6.45, 7) is 4.02. The van der Waals surface area contributed by atoms with Gasteiger partial charge in [-0.05, 0) is 36.6 Å². The predicted octanol–water partition coefficient (Wildman–Crippen LogP) is 3.12. The Morgan fingerprint density at radius 1 is 1.11 bits per heavy atom. The first-order valence-corrected chi connectivity index (χ1v) is 11.7. The van der Waals surface area contributed by atoms with Gasteiger partial charge in [0.25, 0.3) is 0 Å². The molecule has 0 aliphatic carbocycles. The summed E-state index contributed by atoms with van der Waals surface area (Å²) >= 11 is 1.73. The summed E-state index contributed by atoms with van der Waals surface area (Å²) in [5, 5.41) is 2.81. The molecule has 0 aromatic heterocycles. The maximum atomic E-state index is 12.3. The average Bonchev–Trinajstić information content (AvgIpc) is 2.61. The molecule has 27 heavy (non-hydrogen) atoms. The van der Waals surface area contributed by atoms with Crippen molar-refractivity contribution in [3.63, 3.8) is 0 Å². The van der Waals surface area contributed by atoms with Gasteiger partial charge in [-0.15, -0.1) is 0 Å². The van der Waals surface area contributed by atoms with Crippen molar-refractivity contribution in [1.82, 2.24) is 5.32 Å². The first-order chi connectivity index (χ1) is 12.8. The van der Waals surface area contributed by atoms with Crippen LogP contribution in [0.4, 0.5) is 5.69 Å². The van der Waals surface area contributed by atoms with Crippen LogP contribution in [0.1, 0.15) is 16.7 Å². The molecule has 7 heteroatoms. The van der Waals surface area contributed by atoms with Crippen molar-refractivity contribution >= 4 is 33.4 Å². The summed E-state index contributed by atoms with van der Waals surface area (Å²) in [6, 6.07) is 15.7. The molecule has 0 fully saturated rings. The molecule has 0 unspecified atom stereocenters. The number of amides is 1. The third kappa shape index (κ3) is 6.92. The summed E-state index contributed by atoms with van der Waals surface area (Å²) < 4.78 is 25.6. The van der Waals surface area contributed by atoms with Gasteiger partial charge in [-0.1, -0.05) is 42.5 Å². The lowest BCUT2D eigenvalue weighted by molar-refractivity contribution is -0.119. The molecular formula is C20H26N2O3S2. The minimum atomic E-state index is -3.56. The second-order valence-corrected chi connectivity index (χ2v) is 9.46. The molecule has 0 heterocycles. The van der Waals surface area contributed by atoms with Gasteiger partial charge < -0.3 is 5.32 Å². The number of rotatable bonds is 9. The fourth-order valence-electron chi connectivity index (χ4n) is 2.58. The highest BCUT2D eigenvalue weighted by Gasteiger charge is 2.22. The number of nitrogens with one attached hydrogen (secondary N) is 1. The minimum absolute atomic E-state index is 0.216. The zero-order valence-corrected chi connectivity index (χ0v) is 17.6. The van der Waals surface area contributed by atoms with Gasteiger partial charge >= 0.3 is 0 Å². The third-order valence-corrected chi connectivity index (χ3v) is 6.16. The first kappa shape index (κ1) is 21.3. The first-order valence-electron chi connectivity index (χ1n) is 8.70. The SMILES string of the molecule is Cc1ccc(C)c(N(CC(=O)NCCSCc2ccccc2)S(C)(=O)=O)c1. The van der Waals surface area contributed by atoms with Crippen LogP contribution in [0.5, 0.6) is 0 Å². The molecule has 0 radical (unpaired) electrons. The number of sulfonamides is 1. The van der Waals surface area contributed by atoms with Gasteiger partial charge in [0.15, 0.2) is 0 Å². The van der Waals surface area contributed by atoms with E-state index in [0.717, 1.165) is 28.9 Å². The molecule has 2 rings (SSSR count). The Kier molecular flexibility index (Phi) is 7.74. The Morgan fingerprint density at radius 2 is 1.81 bits per heavy atom. The number of carbonyl (C=O) groups is 1. The summed E-state index contributed by atoms with van der Waals surface area (Å²) in [5.41, 5.74) is 3.55. The second-order valence-electron chi connectivity index (χ2n) is 6.45. The van der Waals surface area contributed by atoms with Crippen molar-refractivity contribution in [2.75, 3.05) is 29.4 Å². The number of aryl methyl sites for hydroxylation is 2. The lowest BCUT2D eigenvalue weighted by atomic mass is 10.1. The fraction of sp³-hybridized carbons (Fsp3) is 0.350. The largest absolute Gasteiger partial charge is 0.354 e. The number of thioether (sulfide) groups is 1. The van der Waals surface area contributed by atoms with Gasteiger partial charge in [0, 0.05) is 18.1 Å². The van der Waals surface area contributed by atoms with Crippen molar-refractivity contribution in [3.05, 3.63) is 65.2 Å². The van der Waals surface area contributed by atoms with E-state index in [1.165, 1.54) is 9.87 Å². The highest BCUT2D eigenvalue weighted by atomic mass is 32.2. The normalized spacial score (nSPS) is 11.2.